The number of amides is 1. The fourth-order valence-electron chi connectivity index (χ4n) is 1.78. The number of nitrogens with zero attached hydrogens (tertiary/aromatic N) is 1. The van der Waals surface area contributed by atoms with Crippen molar-refractivity contribution in [1.82, 2.24) is 10.3 Å². The fourth-order valence-corrected chi connectivity index (χ4v) is 2.64. The van der Waals surface area contributed by atoms with Crippen LogP contribution in [-0.4, -0.2) is 16.9 Å². The van der Waals surface area contributed by atoms with Crippen LogP contribution in [0, 0.1) is 5.82 Å². The van der Waals surface area contributed by atoms with Gasteiger partial charge in [-0.1, -0.05) is 0 Å². The lowest BCUT2D eigenvalue weighted by Crippen LogP contribution is -2.30. The van der Waals surface area contributed by atoms with Crippen LogP contribution >= 0.6 is 11.3 Å². The molecule has 0 bridgehead atoms. The molecule has 106 valence electrons. The number of aryl methyl sites for hydroxylation is 1. The van der Waals surface area contributed by atoms with Crippen LogP contribution in [0.5, 0.6) is 0 Å². The minimum absolute atomic E-state index is 0.0383. The van der Waals surface area contributed by atoms with Crippen molar-refractivity contribution in [2.45, 2.75) is 32.7 Å². The van der Waals surface area contributed by atoms with Crippen LogP contribution in [0.15, 0.2) is 29.6 Å². The average Bonchev–Trinajstić information content (AvgIpc) is 2.85. The second-order valence-electron chi connectivity index (χ2n) is 4.87. The normalized spacial score (nSPS) is 10.8. The van der Waals surface area contributed by atoms with Crippen molar-refractivity contribution < 1.29 is 9.18 Å². The van der Waals surface area contributed by atoms with Crippen LogP contribution in [0.1, 0.15) is 26.0 Å². The van der Waals surface area contributed by atoms with Crippen molar-refractivity contribution in [2.75, 3.05) is 0 Å². The topological polar surface area (TPSA) is 42.0 Å². The lowest BCUT2D eigenvalue weighted by molar-refractivity contribution is -0.121. The molecule has 0 aliphatic rings. The molecule has 0 saturated carbocycles. The monoisotopic (exact) mass is 292 g/mol. The van der Waals surface area contributed by atoms with Gasteiger partial charge >= 0.3 is 0 Å². The summed E-state index contributed by atoms with van der Waals surface area (Å²) < 4.78 is 12.9. The smallest absolute Gasteiger partial charge is 0.220 e. The molecule has 0 unspecified atom stereocenters. The molecule has 0 radical (unpaired) electrons. The van der Waals surface area contributed by atoms with Crippen molar-refractivity contribution in [2.24, 2.45) is 0 Å². The first-order valence-electron chi connectivity index (χ1n) is 6.54. The Bertz CT molecular complexity index is 578. The highest BCUT2D eigenvalue weighted by atomic mass is 32.1. The van der Waals surface area contributed by atoms with Crippen LogP contribution in [0.3, 0.4) is 0 Å². The molecule has 2 aromatic rings. The molecule has 20 heavy (non-hydrogen) atoms. The van der Waals surface area contributed by atoms with E-state index in [-0.39, 0.29) is 17.8 Å². The number of halogens is 1. The maximum absolute atomic E-state index is 12.9. The molecule has 5 heteroatoms. The second kappa shape index (κ2) is 6.61. The molecule has 1 N–H and O–H groups in total. The molecule has 3 nitrogen and oxygen atoms in total. The molecule has 0 saturated heterocycles. The van der Waals surface area contributed by atoms with E-state index in [1.54, 1.807) is 12.1 Å². The highest BCUT2D eigenvalue weighted by Gasteiger charge is 2.08. The molecule has 1 aromatic carbocycles. The minimum Gasteiger partial charge on any atom is -0.354 e. The summed E-state index contributed by atoms with van der Waals surface area (Å²) in [7, 11) is 0. The van der Waals surface area contributed by atoms with Crippen molar-refractivity contribution in [3.05, 3.63) is 41.2 Å². The predicted molar refractivity (Wildman–Crippen MR) is 79.1 cm³/mol. The summed E-state index contributed by atoms with van der Waals surface area (Å²) in [5, 5.41) is 5.65. The van der Waals surface area contributed by atoms with E-state index in [1.165, 1.54) is 23.5 Å². The number of nitrogens with one attached hydrogen (secondary N) is 1. The molecule has 0 fully saturated rings. The Morgan fingerprint density at radius 1 is 1.35 bits per heavy atom. The summed E-state index contributed by atoms with van der Waals surface area (Å²) in [6.07, 6.45) is 1.06. The van der Waals surface area contributed by atoms with Gasteiger partial charge in [0.15, 0.2) is 0 Å². The lowest BCUT2D eigenvalue weighted by atomic mass is 10.2. The van der Waals surface area contributed by atoms with E-state index in [0.29, 0.717) is 12.8 Å². The third kappa shape index (κ3) is 4.13. The predicted octanol–water partition coefficient (Wildman–Crippen LogP) is 3.41. The van der Waals surface area contributed by atoms with E-state index < -0.39 is 0 Å². The molecule has 0 spiro atoms. The van der Waals surface area contributed by atoms with Crippen LogP contribution in [0.2, 0.25) is 0 Å². The van der Waals surface area contributed by atoms with E-state index in [4.69, 9.17) is 0 Å². The first kappa shape index (κ1) is 14.7. The molecule has 0 aliphatic carbocycles. The lowest BCUT2D eigenvalue weighted by Gasteiger charge is -2.06. The number of benzene rings is 1. The third-order valence-electron chi connectivity index (χ3n) is 2.70. The average molecular weight is 292 g/mol. The van der Waals surface area contributed by atoms with Gasteiger partial charge in [0.25, 0.3) is 0 Å². The van der Waals surface area contributed by atoms with Gasteiger partial charge in [-0.15, -0.1) is 11.3 Å². The zero-order valence-electron chi connectivity index (χ0n) is 11.5. The summed E-state index contributed by atoms with van der Waals surface area (Å²) in [5.74, 6) is -0.216. The van der Waals surface area contributed by atoms with Crippen molar-refractivity contribution >= 4 is 17.2 Å². The molecule has 1 amide bonds. The molecular weight excluding hydrogens is 275 g/mol. The van der Waals surface area contributed by atoms with Crippen LogP contribution in [0.4, 0.5) is 4.39 Å². The number of rotatable bonds is 5. The Balaban J connectivity index is 1.95. The van der Waals surface area contributed by atoms with Gasteiger partial charge in [0.2, 0.25) is 5.91 Å². The molecule has 2 rings (SSSR count). The van der Waals surface area contributed by atoms with E-state index in [9.17, 15) is 9.18 Å². The SMILES string of the molecule is CC(C)NC(=O)CCc1csc(-c2ccc(F)cc2)n1. The van der Waals surface area contributed by atoms with Crippen molar-refractivity contribution in [3.8, 4) is 10.6 Å². The molecule has 1 heterocycles. The van der Waals surface area contributed by atoms with Gasteiger partial charge in [0.1, 0.15) is 10.8 Å². The Kier molecular flexibility index (Phi) is 4.84. The van der Waals surface area contributed by atoms with Crippen LogP contribution in [0.25, 0.3) is 10.6 Å². The quantitative estimate of drug-likeness (QED) is 0.917. The van der Waals surface area contributed by atoms with E-state index in [2.05, 4.69) is 10.3 Å². The number of thiazole rings is 1. The van der Waals surface area contributed by atoms with Crippen LogP contribution in [-0.2, 0) is 11.2 Å². The van der Waals surface area contributed by atoms with Gasteiger partial charge in [-0.05, 0) is 44.5 Å². The van der Waals surface area contributed by atoms with Crippen LogP contribution < -0.4 is 5.32 Å². The maximum atomic E-state index is 12.9. The zero-order chi connectivity index (χ0) is 14.5. The standard InChI is InChI=1S/C15H17FN2OS/c1-10(2)17-14(19)8-7-13-9-20-15(18-13)11-3-5-12(16)6-4-11/h3-6,9-10H,7-8H2,1-2H3,(H,17,19). The summed E-state index contributed by atoms with van der Waals surface area (Å²) in [5.41, 5.74) is 1.79. The number of carbonyl (C=O) groups excluding carboxylic acids is 1. The van der Waals surface area contributed by atoms with Gasteiger partial charge in [-0.2, -0.15) is 0 Å². The zero-order valence-corrected chi connectivity index (χ0v) is 12.3. The summed E-state index contributed by atoms with van der Waals surface area (Å²) in [6, 6.07) is 6.43. The molecular formula is C15H17FN2OS. The molecule has 0 aliphatic heterocycles. The third-order valence-corrected chi connectivity index (χ3v) is 3.64. The second-order valence-corrected chi connectivity index (χ2v) is 5.73. The van der Waals surface area contributed by atoms with Gasteiger partial charge in [-0.25, -0.2) is 9.37 Å². The largest absolute Gasteiger partial charge is 0.354 e. The molecule has 1 aromatic heterocycles. The maximum Gasteiger partial charge on any atom is 0.220 e. The number of aromatic nitrogens is 1. The van der Waals surface area contributed by atoms with Gasteiger partial charge in [0.05, 0.1) is 5.69 Å². The van der Waals surface area contributed by atoms with E-state index >= 15 is 0 Å². The Labute approximate surface area is 121 Å². The Hall–Kier alpha value is -1.75. The van der Waals surface area contributed by atoms with E-state index in [0.717, 1.165) is 16.3 Å². The number of carbonyl (C=O) groups is 1. The Morgan fingerprint density at radius 2 is 2.05 bits per heavy atom. The van der Waals surface area contributed by atoms with Crippen molar-refractivity contribution in [3.63, 3.8) is 0 Å². The molecule has 0 atom stereocenters. The summed E-state index contributed by atoms with van der Waals surface area (Å²) >= 11 is 1.51. The highest BCUT2D eigenvalue weighted by Crippen LogP contribution is 2.24. The fraction of sp³-hybridized carbons (Fsp3) is 0.333. The first-order chi connectivity index (χ1) is 9.54. The minimum atomic E-state index is -0.254. The summed E-state index contributed by atoms with van der Waals surface area (Å²) in [4.78, 5) is 16.0. The first-order valence-corrected chi connectivity index (χ1v) is 7.42. The number of hydrogen-bond donors (Lipinski definition) is 1. The Morgan fingerprint density at radius 3 is 2.70 bits per heavy atom. The van der Waals surface area contributed by atoms with Crippen molar-refractivity contribution in [1.29, 1.82) is 0 Å². The van der Waals surface area contributed by atoms with E-state index in [1.807, 2.05) is 19.2 Å². The van der Waals surface area contributed by atoms with Gasteiger partial charge in [-0.3, -0.25) is 4.79 Å². The summed E-state index contributed by atoms with van der Waals surface area (Å²) in [6.45, 7) is 3.88. The number of hydrogen-bond acceptors (Lipinski definition) is 3. The van der Waals surface area contributed by atoms with Gasteiger partial charge in [0, 0.05) is 23.4 Å². The highest BCUT2D eigenvalue weighted by molar-refractivity contribution is 7.13. The van der Waals surface area contributed by atoms with Gasteiger partial charge < -0.3 is 5.32 Å².